The van der Waals surface area contributed by atoms with Gasteiger partial charge in [-0.3, -0.25) is 5.84 Å². The molecular weight excluding hydrogens is 212 g/mol. The number of hydrogen-bond donors (Lipinski definition) is 2. The van der Waals surface area contributed by atoms with Crippen molar-refractivity contribution in [2.45, 2.75) is 32.7 Å². The van der Waals surface area contributed by atoms with Crippen LogP contribution in [0.4, 0.5) is 0 Å². The van der Waals surface area contributed by atoms with Gasteiger partial charge in [0.15, 0.2) is 0 Å². The summed E-state index contributed by atoms with van der Waals surface area (Å²) in [7, 11) is 0. The number of aryl methyl sites for hydroxylation is 2. The zero-order chi connectivity index (χ0) is 12.3. The molecule has 3 N–H and O–H groups in total. The summed E-state index contributed by atoms with van der Waals surface area (Å²) >= 11 is 0. The summed E-state index contributed by atoms with van der Waals surface area (Å²) in [4.78, 5) is 0. The lowest BCUT2D eigenvalue weighted by molar-refractivity contribution is 0.167. The third-order valence-electron chi connectivity index (χ3n) is 3.24. The number of nitrogens with two attached hydrogens (primary N) is 1. The highest BCUT2D eigenvalue weighted by Crippen LogP contribution is 2.29. The SMILES string of the molecule is Cc1cccc(C)c1C(NN)C1=CCCCO1. The second kappa shape index (κ2) is 5.34. The molecule has 3 nitrogen and oxygen atoms in total. The smallest absolute Gasteiger partial charge is 0.115 e. The number of allylic oxidation sites excluding steroid dienone is 1. The lowest BCUT2D eigenvalue weighted by atomic mass is 9.94. The topological polar surface area (TPSA) is 47.3 Å². The Kier molecular flexibility index (Phi) is 3.82. The molecule has 0 saturated heterocycles. The van der Waals surface area contributed by atoms with Gasteiger partial charge in [0.25, 0.3) is 0 Å². The van der Waals surface area contributed by atoms with E-state index in [1.165, 1.54) is 16.7 Å². The zero-order valence-corrected chi connectivity index (χ0v) is 10.5. The molecule has 0 amide bonds. The van der Waals surface area contributed by atoms with Gasteiger partial charge in [0.1, 0.15) is 11.8 Å². The largest absolute Gasteiger partial charge is 0.496 e. The fraction of sp³-hybridized carbons (Fsp3) is 0.429. The van der Waals surface area contributed by atoms with Gasteiger partial charge in [0.2, 0.25) is 0 Å². The van der Waals surface area contributed by atoms with Crippen LogP contribution in [0.25, 0.3) is 0 Å². The molecule has 1 unspecified atom stereocenters. The fourth-order valence-electron chi connectivity index (χ4n) is 2.37. The summed E-state index contributed by atoms with van der Waals surface area (Å²) in [6.07, 6.45) is 4.30. The summed E-state index contributed by atoms with van der Waals surface area (Å²) in [5.74, 6) is 6.66. The van der Waals surface area contributed by atoms with Gasteiger partial charge in [-0.15, -0.1) is 0 Å². The van der Waals surface area contributed by atoms with Crippen molar-refractivity contribution in [3.05, 3.63) is 46.7 Å². The van der Waals surface area contributed by atoms with E-state index in [-0.39, 0.29) is 6.04 Å². The molecule has 0 saturated carbocycles. The highest BCUT2D eigenvalue weighted by atomic mass is 16.5. The van der Waals surface area contributed by atoms with E-state index in [2.05, 4.69) is 43.5 Å². The van der Waals surface area contributed by atoms with Gasteiger partial charge in [-0.25, -0.2) is 5.43 Å². The second-order valence-electron chi connectivity index (χ2n) is 4.50. The van der Waals surface area contributed by atoms with Crippen molar-refractivity contribution in [3.63, 3.8) is 0 Å². The van der Waals surface area contributed by atoms with E-state index in [4.69, 9.17) is 10.6 Å². The van der Waals surface area contributed by atoms with Gasteiger partial charge in [-0.2, -0.15) is 0 Å². The normalized spacial score (nSPS) is 17.2. The molecular formula is C14H20N2O. The molecule has 2 rings (SSSR count). The summed E-state index contributed by atoms with van der Waals surface area (Å²) in [6.45, 7) is 5.00. The van der Waals surface area contributed by atoms with Gasteiger partial charge >= 0.3 is 0 Å². The van der Waals surface area contributed by atoms with E-state index in [1.807, 2.05) is 0 Å². The van der Waals surface area contributed by atoms with Gasteiger partial charge in [0, 0.05) is 0 Å². The maximum absolute atomic E-state index is 5.71. The molecule has 0 aliphatic carbocycles. The molecule has 3 heteroatoms. The third-order valence-corrected chi connectivity index (χ3v) is 3.24. The van der Waals surface area contributed by atoms with Crippen LogP contribution in [-0.2, 0) is 4.74 Å². The fourth-order valence-corrected chi connectivity index (χ4v) is 2.37. The summed E-state index contributed by atoms with van der Waals surface area (Å²) < 4.78 is 5.71. The first-order chi connectivity index (χ1) is 8.24. The van der Waals surface area contributed by atoms with Gasteiger partial charge < -0.3 is 4.74 Å². The third kappa shape index (κ3) is 2.51. The minimum atomic E-state index is -0.0310. The number of rotatable bonds is 3. The molecule has 1 atom stereocenters. The maximum Gasteiger partial charge on any atom is 0.115 e. The molecule has 0 radical (unpaired) electrons. The Hall–Kier alpha value is -1.32. The first kappa shape index (κ1) is 12.1. The molecule has 17 heavy (non-hydrogen) atoms. The number of hydrazine groups is 1. The number of ether oxygens (including phenoxy) is 1. The Labute approximate surface area is 103 Å². The zero-order valence-electron chi connectivity index (χ0n) is 10.5. The van der Waals surface area contributed by atoms with Crippen molar-refractivity contribution in [1.29, 1.82) is 0 Å². The van der Waals surface area contributed by atoms with Crippen molar-refractivity contribution in [2.75, 3.05) is 6.61 Å². The summed E-state index contributed by atoms with van der Waals surface area (Å²) in [5.41, 5.74) is 6.58. The summed E-state index contributed by atoms with van der Waals surface area (Å²) in [5, 5.41) is 0. The minimum absolute atomic E-state index is 0.0310. The number of hydrogen-bond acceptors (Lipinski definition) is 3. The molecule has 1 aliphatic rings. The van der Waals surface area contributed by atoms with Crippen molar-refractivity contribution >= 4 is 0 Å². The van der Waals surface area contributed by atoms with E-state index in [9.17, 15) is 0 Å². The molecule has 0 aromatic heterocycles. The van der Waals surface area contributed by atoms with Crippen LogP contribution in [0.15, 0.2) is 30.0 Å². The predicted molar refractivity (Wildman–Crippen MR) is 69.2 cm³/mol. The Morgan fingerprint density at radius 2 is 2.00 bits per heavy atom. The Bertz CT molecular complexity index is 406. The summed E-state index contributed by atoms with van der Waals surface area (Å²) in [6, 6.07) is 6.25. The lowest BCUT2D eigenvalue weighted by Gasteiger charge is -2.26. The van der Waals surface area contributed by atoms with Crippen molar-refractivity contribution < 1.29 is 4.74 Å². The maximum atomic E-state index is 5.71. The van der Waals surface area contributed by atoms with Crippen LogP contribution in [0.5, 0.6) is 0 Å². The van der Waals surface area contributed by atoms with E-state index in [0.29, 0.717) is 0 Å². The van der Waals surface area contributed by atoms with E-state index >= 15 is 0 Å². The van der Waals surface area contributed by atoms with E-state index in [1.54, 1.807) is 0 Å². The predicted octanol–water partition coefficient (Wildman–Crippen LogP) is 2.50. The lowest BCUT2D eigenvalue weighted by Crippen LogP contribution is -2.32. The molecule has 1 aliphatic heterocycles. The number of nitrogens with one attached hydrogen (secondary N) is 1. The highest BCUT2D eigenvalue weighted by Gasteiger charge is 2.21. The molecule has 1 aromatic rings. The molecule has 0 bridgehead atoms. The average molecular weight is 232 g/mol. The first-order valence-electron chi connectivity index (χ1n) is 6.09. The van der Waals surface area contributed by atoms with Gasteiger partial charge in [0.05, 0.1) is 6.61 Å². The van der Waals surface area contributed by atoms with Gasteiger partial charge in [-0.1, -0.05) is 18.2 Å². The first-order valence-corrected chi connectivity index (χ1v) is 6.09. The number of benzene rings is 1. The van der Waals surface area contributed by atoms with Gasteiger partial charge in [-0.05, 0) is 49.5 Å². The average Bonchev–Trinajstić information content (AvgIpc) is 2.35. The van der Waals surface area contributed by atoms with Crippen molar-refractivity contribution in [2.24, 2.45) is 5.84 Å². The molecule has 1 aromatic carbocycles. The minimum Gasteiger partial charge on any atom is -0.496 e. The quantitative estimate of drug-likeness (QED) is 0.622. The van der Waals surface area contributed by atoms with Crippen LogP contribution >= 0.6 is 0 Å². The molecule has 1 heterocycles. The van der Waals surface area contributed by atoms with Crippen LogP contribution < -0.4 is 11.3 Å². The van der Waals surface area contributed by atoms with Crippen LogP contribution in [0.2, 0.25) is 0 Å². The van der Waals surface area contributed by atoms with Crippen molar-refractivity contribution in [1.82, 2.24) is 5.43 Å². The molecule has 0 spiro atoms. The molecule has 92 valence electrons. The van der Waals surface area contributed by atoms with E-state index in [0.717, 1.165) is 25.2 Å². The van der Waals surface area contributed by atoms with E-state index < -0.39 is 0 Å². The van der Waals surface area contributed by atoms with Crippen LogP contribution in [0.3, 0.4) is 0 Å². The Morgan fingerprint density at radius 1 is 1.29 bits per heavy atom. The molecule has 0 fully saturated rings. The Balaban J connectivity index is 2.38. The standard InChI is InChI=1S/C14H20N2O/c1-10-6-5-7-11(2)13(10)14(16-15)12-8-3-4-9-17-12/h5-8,14,16H,3-4,9,15H2,1-2H3. The van der Waals surface area contributed by atoms with Crippen LogP contribution in [0, 0.1) is 13.8 Å². The van der Waals surface area contributed by atoms with Crippen molar-refractivity contribution in [3.8, 4) is 0 Å². The highest BCUT2D eigenvalue weighted by molar-refractivity contribution is 5.39. The monoisotopic (exact) mass is 232 g/mol. The second-order valence-corrected chi connectivity index (χ2v) is 4.50. The Morgan fingerprint density at radius 3 is 2.53 bits per heavy atom. The van der Waals surface area contributed by atoms with Crippen LogP contribution in [-0.4, -0.2) is 6.61 Å². The van der Waals surface area contributed by atoms with Crippen LogP contribution in [0.1, 0.15) is 35.6 Å².